The Balaban J connectivity index is 2.46. The average molecular weight is 292 g/mol. The van der Waals surface area contributed by atoms with Crippen molar-refractivity contribution < 1.29 is 0 Å². The minimum absolute atomic E-state index is 0.660. The second kappa shape index (κ2) is 6.39. The monoisotopic (exact) mass is 292 g/mol. The first-order valence-corrected chi connectivity index (χ1v) is 8.10. The van der Waals surface area contributed by atoms with Crippen molar-refractivity contribution in [3.63, 3.8) is 0 Å². The summed E-state index contributed by atoms with van der Waals surface area (Å²) in [6.07, 6.45) is 2.23. The number of anilines is 2. The SMILES string of the molecule is CCc1cc2c(N(C)CC(C)CC)nc(NC)nc2s1. The quantitative estimate of drug-likeness (QED) is 0.879. The molecule has 0 aliphatic rings. The van der Waals surface area contributed by atoms with E-state index < -0.39 is 0 Å². The Hall–Kier alpha value is -1.36. The maximum Gasteiger partial charge on any atom is 0.225 e. The molecule has 0 saturated heterocycles. The van der Waals surface area contributed by atoms with Crippen LogP contribution in [0.1, 0.15) is 32.1 Å². The van der Waals surface area contributed by atoms with Gasteiger partial charge < -0.3 is 10.2 Å². The minimum Gasteiger partial charge on any atom is -0.359 e. The van der Waals surface area contributed by atoms with Crippen LogP contribution in [0.3, 0.4) is 0 Å². The first kappa shape index (κ1) is 15.0. The maximum atomic E-state index is 4.66. The van der Waals surface area contributed by atoms with Crippen LogP contribution in [-0.2, 0) is 6.42 Å². The fourth-order valence-electron chi connectivity index (χ4n) is 2.22. The van der Waals surface area contributed by atoms with E-state index in [4.69, 9.17) is 0 Å². The van der Waals surface area contributed by atoms with Crippen LogP contribution in [0.4, 0.5) is 11.8 Å². The Morgan fingerprint density at radius 3 is 2.70 bits per heavy atom. The van der Waals surface area contributed by atoms with Crippen LogP contribution < -0.4 is 10.2 Å². The molecule has 2 aromatic heterocycles. The lowest BCUT2D eigenvalue weighted by Gasteiger charge is -2.22. The molecule has 5 heteroatoms. The zero-order valence-corrected chi connectivity index (χ0v) is 13.8. The van der Waals surface area contributed by atoms with E-state index in [1.165, 1.54) is 16.7 Å². The molecule has 0 aliphatic heterocycles. The predicted molar refractivity (Wildman–Crippen MR) is 89.1 cm³/mol. The molecular formula is C15H24N4S. The Labute approximate surface area is 125 Å². The fourth-order valence-corrected chi connectivity index (χ4v) is 3.18. The number of hydrogen-bond acceptors (Lipinski definition) is 5. The van der Waals surface area contributed by atoms with Gasteiger partial charge in [-0.3, -0.25) is 0 Å². The lowest BCUT2D eigenvalue weighted by molar-refractivity contribution is 0.558. The number of aromatic nitrogens is 2. The van der Waals surface area contributed by atoms with Crippen molar-refractivity contribution in [1.29, 1.82) is 0 Å². The molecule has 0 saturated carbocycles. The van der Waals surface area contributed by atoms with E-state index in [9.17, 15) is 0 Å². The van der Waals surface area contributed by atoms with Crippen molar-refractivity contribution >= 4 is 33.3 Å². The molecule has 0 radical (unpaired) electrons. The fraction of sp³-hybridized carbons (Fsp3) is 0.600. The van der Waals surface area contributed by atoms with Gasteiger partial charge in [0.05, 0.1) is 5.39 Å². The van der Waals surface area contributed by atoms with Gasteiger partial charge in [-0.2, -0.15) is 4.98 Å². The summed E-state index contributed by atoms with van der Waals surface area (Å²) in [5.74, 6) is 2.40. The molecule has 1 N–H and O–H groups in total. The lowest BCUT2D eigenvalue weighted by Crippen LogP contribution is -2.25. The largest absolute Gasteiger partial charge is 0.359 e. The van der Waals surface area contributed by atoms with E-state index in [-0.39, 0.29) is 0 Å². The molecular weight excluding hydrogens is 268 g/mol. The van der Waals surface area contributed by atoms with Gasteiger partial charge in [0.15, 0.2) is 0 Å². The normalized spacial score (nSPS) is 12.7. The minimum atomic E-state index is 0.660. The van der Waals surface area contributed by atoms with Gasteiger partial charge in [0.1, 0.15) is 10.6 Å². The van der Waals surface area contributed by atoms with E-state index in [1.807, 2.05) is 7.05 Å². The van der Waals surface area contributed by atoms with Crippen LogP contribution >= 0.6 is 11.3 Å². The Bertz CT molecular complexity index is 579. The summed E-state index contributed by atoms with van der Waals surface area (Å²) in [5.41, 5.74) is 0. The van der Waals surface area contributed by atoms with Gasteiger partial charge in [-0.05, 0) is 18.4 Å². The third kappa shape index (κ3) is 3.03. The number of rotatable bonds is 6. The van der Waals surface area contributed by atoms with Crippen LogP contribution in [0.15, 0.2) is 6.07 Å². The summed E-state index contributed by atoms with van der Waals surface area (Å²) in [4.78, 5) is 13.9. The number of nitrogens with one attached hydrogen (secondary N) is 1. The van der Waals surface area contributed by atoms with E-state index in [2.05, 4.69) is 54.1 Å². The zero-order chi connectivity index (χ0) is 14.7. The van der Waals surface area contributed by atoms with Gasteiger partial charge in [-0.25, -0.2) is 4.98 Å². The topological polar surface area (TPSA) is 41.1 Å². The highest BCUT2D eigenvalue weighted by Crippen LogP contribution is 2.32. The molecule has 20 heavy (non-hydrogen) atoms. The predicted octanol–water partition coefficient (Wildman–Crippen LogP) is 3.78. The molecule has 1 atom stereocenters. The number of nitrogens with zero attached hydrogens (tertiary/aromatic N) is 3. The summed E-state index contributed by atoms with van der Waals surface area (Å²) >= 11 is 1.77. The molecule has 0 amide bonds. The Morgan fingerprint density at radius 1 is 1.35 bits per heavy atom. The van der Waals surface area contributed by atoms with Crippen LogP contribution in [0.2, 0.25) is 0 Å². The maximum absolute atomic E-state index is 4.66. The van der Waals surface area contributed by atoms with Crippen molar-refractivity contribution in [2.75, 3.05) is 30.9 Å². The first-order chi connectivity index (χ1) is 9.58. The molecule has 0 fully saturated rings. The Kier molecular flexibility index (Phi) is 4.81. The van der Waals surface area contributed by atoms with E-state index in [1.54, 1.807) is 11.3 Å². The molecule has 1 unspecified atom stereocenters. The van der Waals surface area contributed by atoms with Crippen LogP contribution in [0, 0.1) is 5.92 Å². The van der Waals surface area contributed by atoms with Crippen molar-refractivity contribution in [2.24, 2.45) is 5.92 Å². The highest BCUT2D eigenvalue weighted by Gasteiger charge is 2.15. The highest BCUT2D eigenvalue weighted by molar-refractivity contribution is 7.18. The van der Waals surface area contributed by atoms with Gasteiger partial charge in [-0.1, -0.05) is 27.2 Å². The average Bonchev–Trinajstić information content (AvgIpc) is 2.88. The molecule has 0 aliphatic carbocycles. The van der Waals surface area contributed by atoms with Crippen LogP contribution in [-0.4, -0.2) is 30.6 Å². The van der Waals surface area contributed by atoms with Gasteiger partial charge in [0.2, 0.25) is 5.95 Å². The van der Waals surface area contributed by atoms with Crippen molar-refractivity contribution in [3.8, 4) is 0 Å². The van der Waals surface area contributed by atoms with Gasteiger partial charge >= 0.3 is 0 Å². The number of aryl methyl sites for hydroxylation is 1. The summed E-state index contributed by atoms with van der Waals surface area (Å²) in [6.45, 7) is 7.70. The third-order valence-electron chi connectivity index (χ3n) is 3.64. The van der Waals surface area contributed by atoms with Crippen LogP contribution in [0.25, 0.3) is 10.2 Å². The molecule has 0 spiro atoms. The summed E-state index contributed by atoms with van der Waals surface area (Å²) in [6, 6.07) is 2.24. The molecule has 2 rings (SSSR count). The lowest BCUT2D eigenvalue weighted by atomic mass is 10.1. The standard InChI is InChI=1S/C15H24N4S/c1-6-10(3)9-19(5)13-12-8-11(7-2)20-14(12)18-15(16-4)17-13/h8,10H,6-7,9H2,1-5H3,(H,16,17,18). The summed E-state index contributed by atoms with van der Waals surface area (Å²) < 4.78 is 0. The van der Waals surface area contributed by atoms with Crippen LogP contribution in [0.5, 0.6) is 0 Å². The Morgan fingerprint density at radius 2 is 2.10 bits per heavy atom. The molecule has 0 bridgehead atoms. The van der Waals surface area contributed by atoms with Crippen molar-refractivity contribution in [3.05, 3.63) is 10.9 Å². The van der Waals surface area contributed by atoms with Crippen molar-refractivity contribution in [1.82, 2.24) is 9.97 Å². The van der Waals surface area contributed by atoms with E-state index >= 15 is 0 Å². The molecule has 2 aromatic rings. The van der Waals surface area contributed by atoms with Gasteiger partial charge in [-0.15, -0.1) is 11.3 Å². The summed E-state index contributed by atoms with van der Waals surface area (Å²) in [5, 5.41) is 4.24. The first-order valence-electron chi connectivity index (χ1n) is 7.28. The molecule has 2 heterocycles. The van der Waals surface area contributed by atoms with E-state index in [0.717, 1.165) is 23.6 Å². The number of fused-ring (bicyclic) bond motifs is 1. The highest BCUT2D eigenvalue weighted by atomic mass is 32.1. The van der Waals surface area contributed by atoms with E-state index in [0.29, 0.717) is 11.9 Å². The molecule has 4 nitrogen and oxygen atoms in total. The zero-order valence-electron chi connectivity index (χ0n) is 13.0. The summed E-state index contributed by atoms with van der Waals surface area (Å²) in [7, 11) is 3.99. The smallest absolute Gasteiger partial charge is 0.225 e. The van der Waals surface area contributed by atoms with Gasteiger partial charge in [0.25, 0.3) is 0 Å². The van der Waals surface area contributed by atoms with Crippen molar-refractivity contribution in [2.45, 2.75) is 33.6 Å². The number of hydrogen-bond donors (Lipinski definition) is 1. The second-order valence-electron chi connectivity index (χ2n) is 5.30. The second-order valence-corrected chi connectivity index (χ2v) is 6.42. The molecule has 110 valence electrons. The molecule has 0 aromatic carbocycles. The number of thiophene rings is 1. The third-order valence-corrected chi connectivity index (χ3v) is 4.81. The van der Waals surface area contributed by atoms with Gasteiger partial charge in [0, 0.05) is 25.5 Å².